The van der Waals surface area contributed by atoms with E-state index in [-0.39, 0.29) is 23.0 Å². The molecule has 0 aliphatic carbocycles. The molecular weight excluding hydrogens is 286 g/mol. The van der Waals surface area contributed by atoms with Gasteiger partial charge in [0.1, 0.15) is 0 Å². The minimum absolute atomic E-state index is 0.142. The summed E-state index contributed by atoms with van der Waals surface area (Å²) in [5, 5.41) is 8.01. The highest BCUT2D eigenvalue weighted by molar-refractivity contribution is 7.80. The van der Waals surface area contributed by atoms with Gasteiger partial charge in [-0.15, -0.1) is 0 Å². The van der Waals surface area contributed by atoms with Gasteiger partial charge in [0.2, 0.25) is 11.8 Å². The van der Waals surface area contributed by atoms with Gasteiger partial charge >= 0.3 is 0 Å². The molecule has 0 bridgehead atoms. The van der Waals surface area contributed by atoms with E-state index in [4.69, 9.17) is 0 Å². The van der Waals surface area contributed by atoms with Crippen molar-refractivity contribution >= 4 is 35.3 Å². The first-order valence-electron chi connectivity index (χ1n) is 6.95. The van der Waals surface area contributed by atoms with Crippen LogP contribution in [0.25, 0.3) is 10.9 Å². The Hall–Kier alpha value is -1.82. The maximum atomic E-state index is 12.0. The van der Waals surface area contributed by atoms with Crippen molar-refractivity contribution in [2.75, 3.05) is 0 Å². The van der Waals surface area contributed by atoms with E-state index in [0.29, 0.717) is 12.8 Å². The SMILES string of the molecule is CC(S)c1ccc2c(C3CCC(=O)NC3=O)nn(C)c2c1. The average Bonchev–Trinajstić information content (AvgIpc) is 2.75. The van der Waals surface area contributed by atoms with Gasteiger partial charge in [0, 0.05) is 24.1 Å². The third kappa shape index (κ3) is 2.44. The summed E-state index contributed by atoms with van der Waals surface area (Å²) < 4.78 is 1.79. The minimum atomic E-state index is -0.356. The van der Waals surface area contributed by atoms with Crippen LogP contribution in [0, 0.1) is 0 Å². The number of hydrogen-bond donors (Lipinski definition) is 2. The quantitative estimate of drug-likeness (QED) is 0.659. The Morgan fingerprint density at radius 1 is 1.43 bits per heavy atom. The Kier molecular flexibility index (Phi) is 3.49. The molecule has 5 nitrogen and oxygen atoms in total. The molecule has 2 amide bonds. The molecule has 2 atom stereocenters. The lowest BCUT2D eigenvalue weighted by Crippen LogP contribution is -2.39. The zero-order valence-electron chi connectivity index (χ0n) is 12.0. The standard InChI is InChI=1S/C15H17N3O2S/c1-8(21)9-3-4-10-12(7-9)18(2)17-14(10)11-5-6-13(19)16-15(11)20/h3-4,7-8,11,21H,5-6H2,1-2H3,(H,16,19,20). The van der Waals surface area contributed by atoms with E-state index >= 15 is 0 Å². The number of thiol groups is 1. The summed E-state index contributed by atoms with van der Waals surface area (Å²) in [6, 6.07) is 6.05. The molecule has 2 unspecified atom stereocenters. The third-order valence-corrected chi connectivity index (χ3v) is 4.25. The normalized spacial score (nSPS) is 20.6. The molecule has 1 N–H and O–H groups in total. The Bertz CT molecular complexity index is 736. The largest absolute Gasteiger partial charge is 0.296 e. The molecule has 1 aromatic carbocycles. The van der Waals surface area contributed by atoms with E-state index in [1.54, 1.807) is 4.68 Å². The molecule has 21 heavy (non-hydrogen) atoms. The number of aryl methyl sites for hydroxylation is 1. The predicted molar refractivity (Wildman–Crippen MR) is 83.2 cm³/mol. The van der Waals surface area contributed by atoms with Crippen LogP contribution < -0.4 is 5.32 Å². The smallest absolute Gasteiger partial charge is 0.235 e. The molecule has 1 aliphatic rings. The number of imide groups is 1. The first-order valence-corrected chi connectivity index (χ1v) is 7.47. The highest BCUT2D eigenvalue weighted by Gasteiger charge is 2.31. The summed E-state index contributed by atoms with van der Waals surface area (Å²) in [5.41, 5.74) is 2.84. The molecule has 1 aromatic heterocycles. The number of amides is 2. The topological polar surface area (TPSA) is 64.0 Å². The number of piperidine rings is 1. The van der Waals surface area contributed by atoms with Gasteiger partial charge in [-0.1, -0.05) is 12.1 Å². The Balaban J connectivity index is 2.08. The lowest BCUT2D eigenvalue weighted by atomic mass is 9.92. The second-order valence-corrected chi connectivity index (χ2v) is 6.24. The van der Waals surface area contributed by atoms with Crippen LogP contribution in [-0.2, 0) is 16.6 Å². The van der Waals surface area contributed by atoms with Gasteiger partial charge in [0.05, 0.1) is 17.1 Å². The van der Waals surface area contributed by atoms with Gasteiger partial charge in [0.25, 0.3) is 0 Å². The van der Waals surface area contributed by atoms with Crippen molar-refractivity contribution in [2.24, 2.45) is 7.05 Å². The molecule has 0 saturated carbocycles. The van der Waals surface area contributed by atoms with Crippen molar-refractivity contribution in [3.63, 3.8) is 0 Å². The molecule has 2 aromatic rings. The maximum Gasteiger partial charge on any atom is 0.235 e. The van der Waals surface area contributed by atoms with Gasteiger partial charge in [-0.3, -0.25) is 19.6 Å². The highest BCUT2D eigenvalue weighted by atomic mass is 32.1. The number of carbonyl (C=O) groups excluding carboxylic acids is 2. The molecule has 0 radical (unpaired) electrons. The molecular formula is C15H17N3O2S. The molecule has 0 spiro atoms. The Labute approximate surface area is 128 Å². The molecule has 1 aliphatic heterocycles. The highest BCUT2D eigenvalue weighted by Crippen LogP contribution is 2.32. The fourth-order valence-electron chi connectivity index (χ4n) is 2.77. The van der Waals surface area contributed by atoms with Crippen LogP contribution in [0.1, 0.15) is 42.2 Å². The van der Waals surface area contributed by atoms with Crippen LogP contribution >= 0.6 is 12.6 Å². The second-order valence-electron chi connectivity index (χ2n) is 5.47. The molecule has 1 saturated heterocycles. The van der Waals surface area contributed by atoms with Crippen LogP contribution in [-0.4, -0.2) is 21.6 Å². The zero-order chi connectivity index (χ0) is 15.1. The number of nitrogens with zero attached hydrogens (tertiary/aromatic N) is 2. The molecule has 3 rings (SSSR count). The average molecular weight is 303 g/mol. The number of nitrogens with one attached hydrogen (secondary N) is 1. The van der Waals surface area contributed by atoms with Crippen molar-refractivity contribution < 1.29 is 9.59 Å². The zero-order valence-corrected chi connectivity index (χ0v) is 12.9. The van der Waals surface area contributed by atoms with E-state index < -0.39 is 0 Å². The second kappa shape index (κ2) is 5.18. The van der Waals surface area contributed by atoms with Crippen LogP contribution in [0.4, 0.5) is 0 Å². The fourth-order valence-corrected chi connectivity index (χ4v) is 2.93. The number of rotatable bonds is 2. The number of aromatic nitrogens is 2. The molecule has 1 fully saturated rings. The van der Waals surface area contributed by atoms with Gasteiger partial charge in [-0.25, -0.2) is 0 Å². The van der Waals surface area contributed by atoms with Crippen LogP contribution in [0.3, 0.4) is 0 Å². The fraction of sp³-hybridized carbons (Fsp3) is 0.400. The van der Waals surface area contributed by atoms with Crippen LogP contribution in [0.2, 0.25) is 0 Å². The Morgan fingerprint density at radius 3 is 2.86 bits per heavy atom. The van der Waals surface area contributed by atoms with Gasteiger partial charge in [0.15, 0.2) is 0 Å². The summed E-state index contributed by atoms with van der Waals surface area (Å²) >= 11 is 4.45. The summed E-state index contributed by atoms with van der Waals surface area (Å²) in [6.07, 6.45) is 0.877. The van der Waals surface area contributed by atoms with E-state index in [1.165, 1.54) is 0 Å². The van der Waals surface area contributed by atoms with Gasteiger partial charge < -0.3 is 0 Å². The summed E-state index contributed by atoms with van der Waals surface area (Å²) in [7, 11) is 1.87. The van der Waals surface area contributed by atoms with Crippen molar-refractivity contribution in [1.82, 2.24) is 15.1 Å². The van der Waals surface area contributed by atoms with E-state index in [1.807, 2.05) is 26.1 Å². The minimum Gasteiger partial charge on any atom is -0.296 e. The lowest BCUT2D eigenvalue weighted by Gasteiger charge is -2.19. The first-order chi connectivity index (χ1) is 9.97. The summed E-state index contributed by atoms with van der Waals surface area (Å²) in [6.45, 7) is 2.02. The molecule has 6 heteroatoms. The maximum absolute atomic E-state index is 12.0. The summed E-state index contributed by atoms with van der Waals surface area (Å²) in [5.74, 6) is -0.814. The molecule has 110 valence electrons. The van der Waals surface area contributed by atoms with Crippen LogP contribution in [0.5, 0.6) is 0 Å². The van der Waals surface area contributed by atoms with Gasteiger partial charge in [-0.05, 0) is 25.0 Å². The summed E-state index contributed by atoms with van der Waals surface area (Å²) in [4.78, 5) is 23.3. The lowest BCUT2D eigenvalue weighted by molar-refractivity contribution is -0.134. The van der Waals surface area contributed by atoms with E-state index in [0.717, 1.165) is 22.2 Å². The molecule has 2 heterocycles. The number of hydrogen-bond acceptors (Lipinski definition) is 4. The van der Waals surface area contributed by atoms with Crippen molar-refractivity contribution in [3.05, 3.63) is 29.5 Å². The van der Waals surface area contributed by atoms with E-state index in [9.17, 15) is 9.59 Å². The Morgan fingerprint density at radius 2 is 2.19 bits per heavy atom. The van der Waals surface area contributed by atoms with Crippen molar-refractivity contribution in [2.45, 2.75) is 30.9 Å². The first kappa shape index (κ1) is 14.1. The van der Waals surface area contributed by atoms with Crippen LogP contribution in [0.15, 0.2) is 18.2 Å². The number of fused-ring (bicyclic) bond motifs is 1. The third-order valence-electron chi connectivity index (χ3n) is 3.96. The van der Waals surface area contributed by atoms with Gasteiger partial charge in [-0.2, -0.15) is 17.7 Å². The van der Waals surface area contributed by atoms with Crippen molar-refractivity contribution in [1.29, 1.82) is 0 Å². The van der Waals surface area contributed by atoms with Crippen molar-refractivity contribution in [3.8, 4) is 0 Å². The predicted octanol–water partition coefficient (Wildman–Crippen LogP) is 2.08. The monoisotopic (exact) mass is 303 g/mol. The van der Waals surface area contributed by atoms with E-state index in [2.05, 4.69) is 29.1 Å². The number of carbonyl (C=O) groups is 2. The number of benzene rings is 1.